The number of ether oxygens (including phenoxy) is 1. The van der Waals surface area contributed by atoms with Crippen LogP contribution in [0.2, 0.25) is 0 Å². The van der Waals surface area contributed by atoms with Crippen LogP contribution in [-0.4, -0.2) is 22.6 Å². The number of anilines is 1. The second-order valence-corrected chi connectivity index (χ2v) is 5.60. The molecule has 0 bridgehead atoms. The van der Waals surface area contributed by atoms with Crippen LogP contribution in [0.1, 0.15) is 51.6 Å². The summed E-state index contributed by atoms with van der Waals surface area (Å²) in [6.45, 7) is 7.32. The van der Waals surface area contributed by atoms with Gasteiger partial charge in [-0.15, -0.1) is 0 Å². The molecule has 1 fully saturated rings. The van der Waals surface area contributed by atoms with E-state index in [1.807, 2.05) is 13.0 Å². The van der Waals surface area contributed by atoms with Crippen molar-refractivity contribution >= 4 is 5.95 Å². The second-order valence-electron chi connectivity index (χ2n) is 5.60. The molecular weight excluding hydrogens is 238 g/mol. The molecule has 1 N–H and O–H groups in total. The third-order valence-corrected chi connectivity index (χ3v) is 3.61. The van der Waals surface area contributed by atoms with Crippen LogP contribution < -0.4 is 10.1 Å². The molecule has 0 saturated heterocycles. The minimum atomic E-state index is 0.324. The molecule has 0 aliphatic heterocycles. The van der Waals surface area contributed by atoms with Gasteiger partial charge in [0, 0.05) is 18.3 Å². The zero-order chi connectivity index (χ0) is 13.7. The maximum Gasteiger partial charge on any atom is 0.226 e. The van der Waals surface area contributed by atoms with E-state index in [-0.39, 0.29) is 0 Å². The summed E-state index contributed by atoms with van der Waals surface area (Å²) in [4.78, 5) is 8.81. The van der Waals surface area contributed by atoms with E-state index in [4.69, 9.17) is 4.74 Å². The van der Waals surface area contributed by atoms with Crippen molar-refractivity contribution in [1.82, 2.24) is 9.97 Å². The first-order valence-corrected chi connectivity index (χ1v) is 7.43. The molecule has 19 heavy (non-hydrogen) atoms. The van der Waals surface area contributed by atoms with E-state index in [1.165, 1.54) is 12.8 Å². The third kappa shape index (κ3) is 4.37. The molecule has 4 nitrogen and oxygen atoms in total. The van der Waals surface area contributed by atoms with Gasteiger partial charge in [0.15, 0.2) is 0 Å². The Kier molecular flexibility index (Phi) is 5.00. The van der Waals surface area contributed by atoms with Crippen molar-refractivity contribution in [3.05, 3.63) is 11.8 Å². The van der Waals surface area contributed by atoms with Crippen LogP contribution in [0, 0.1) is 12.8 Å². The Labute approximate surface area is 116 Å². The molecule has 1 aliphatic rings. The van der Waals surface area contributed by atoms with E-state index in [0.29, 0.717) is 17.9 Å². The van der Waals surface area contributed by atoms with Crippen LogP contribution in [0.15, 0.2) is 6.07 Å². The van der Waals surface area contributed by atoms with Crippen LogP contribution in [0.5, 0.6) is 5.88 Å². The minimum Gasteiger partial charge on any atom is -0.474 e. The smallest absolute Gasteiger partial charge is 0.226 e. The fraction of sp³-hybridized carbons (Fsp3) is 0.733. The number of rotatable bonds is 5. The van der Waals surface area contributed by atoms with Gasteiger partial charge < -0.3 is 10.1 Å². The molecular formula is C15H25N3O. The van der Waals surface area contributed by atoms with E-state index >= 15 is 0 Å². The number of nitrogens with one attached hydrogen (secondary N) is 1. The molecule has 106 valence electrons. The summed E-state index contributed by atoms with van der Waals surface area (Å²) in [5.41, 5.74) is 0.952. The first kappa shape index (κ1) is 14.1. The maximum absolute atomic E-state index is 6.01. The Morgan fingerprint density at radius 2 is 2.00 bits per heavy atom. The highest BCUT2D eigenvalue weighted by atomic mass is 16.5. The van der Waals surface area contributed by atoms with Crippen molar-refractivity contribution < 1.29 is 4.74 Å². The highest BCUT2D eigenvalue weighted by Crippen LogP contribution is 2.26. The van der Waals surface area contributed by atoms with Crippen LogP contribution in [-0.2, 0) is 0 Å². The van der Waals surface area contributed by atoms with Crippen molar-refractivity contribution in [2.24, 2.45) is 5.92 Å². The van der Waals surface area contributed by atoms with E-state index in [2.05, 4.69) is 29.1 Å². The van der Waals surface area contributed by atoms with Gasteiger partial charge in [-0.1, -0.05) is 13.8 Å². The predicted molar refractivity (Wildman–Crippen MR) is 77.6 cm³/mol. The normalized spacial score (nSPS) is 23.1. The molecule has 4 heteroatoms. The van der Waals surface area contributed by atoms with Crippen LogP contribution in [0.4, 0.5) is 5.95 Å². The quantitative estimate of drug-likeness (QED) is 0.882. The van der Waals surface area contributed by atoms with E-state index in [0.717, 1.165) is 37.4 Å². The lowest BCUT2D eigenvalue weighted by molar-refractivity contribution is 0.130. The van der Waals surface area contributed by atoms with Gasteiger partial charge in [-0.3, -0.25) is 0 Å². The topological polar surface area (TPSA) is 47.0 Å². The van der Waals surface area contributed by atoms with Gasteiger partial charge in [-0.25, -0.2) is 4.98 Å². The van der Waals surface area contributed by atoms with Crippen molar-refractivity contribution in [2.45, 2.75) is 59.0 Å². The van der Waals surface area contributed by atoms with Crippen molar-refractivity contribution in [2.75, 3.05) is 11.9 Å². The van der Waals surface area contributed by atoms with Crippen LogP contribution in [0.25, 0.3) is 0 Å². The summed E-state index contributed by atoms with van der Waals surface area (Å²) < 4.78 is 6.01. The Morgan fingerprint density at radius 3 is 2.68 bits per heavy atom. The molecule has 1 aromatic rings. The Hall–Kier alpha value is -1.32. The summed E-state index contributed by atoms with van der Waals surface area (Å²) >= 11 is 0. The standard InChI is InChI=1S/C15H25N3O/c1-4-9-16-15-17-12(3)10-14(18-15)19-13-7-5-11(2)6-8-13/h10-11,13H,4-9H2,1-3H3,(H,16,17,18). The van der Waals surface area contributed by atoms with Crippen molar-refractivity contribution in [3.63, 3.8) is 0 Å². The zero-order valence-electron chi connectivity index (χ0n) is 12.3. The summed E-state index contributed by atoms with van der Waals surface area (Å²) in [7, 11) is 0. The summed E-state index contributed by atoms with van der Waals surface area (Å²) in [6.07, 6.45) is 6.19. The van der Waals surface area contributed by atoms with Crippen molar-refractivity contribution in [3.8, 4) is 5.88 Å². The number of hydrogen-bond donors (Lipinski definition) is 1. The molecule has 2 rings (SSSR count). The molecule has 0 spiro atoms. The highest BCUT2D eigenvalue weighted by molar-refractivity contribution is 5.30. The predicted octanol–water partition coefficient (Wildman–Crippen LogP) is 3.56. The SMILES string of the molecule is CCCNc1nc(C)cc(OC2CCC(C)CC2)n1. The maximum atomic E-state index is 6.01. The molecule has 0 radical (unpaired) electrons. The Morgan fingerprint density at radius 1 is 1.26 bits per heavy atom. The fourth-order valence-electron chi connectivity index (χ4n) is 2.43. The number of aromatic nitrogens is 2. The molecule has 0 amide bonds. The van der Waals surface area contributed by atoms with Gasteiger partial charge in [-0.2, -0.15) is 4.98 Å². The van der Waals surface area contributed by atoms with Gasteiger partial charge in [0.05, 0.1) is 0 Å². The summed E-state index contributed by atoms with van der Waals surface area (Å²) in [5.74, 6) is 2.24. The van der Waals surface area contributed by atoms with Gasteiger partial charge in [0.1, 0.15) is 6.10 Å². The van der Waals surface area contributed by atoms with E-state index in [1.54, 1.807) is 0 Å². The molecule has 1 aromatic heterocycles. The largest absolute Gasteiger partial charge is 0.474 e. The summed E-state index contributed by atoms with van der Waals surface area (Å²) in [6, 6.07) is 1.93. The zero-order valence-corrected chi connectivity index (χ0v) is 12.3. The molecule has 0 aromatic carbocycles. The Bertz CT molecular complexity index is 400. The van der Waals surface area contributed by atoms with Gasteiger partial charge in [0.2, 0.25) is 11.8 Å². The lowest BCUT2D eigenvalue weighted by atomic mass is 9.89. The van der Waals surface area contributed by atoms with E-state index in [9.17, 15) is 0 Å². The number of hydrogen-bond acceptors (Lipinski definition) is 4. The van der Waals surface area contributed by atoms with E-state index < -0.39 is 0 Å². The molecule has 1 heterocycles. The number of aryl methyl sites for hydroxylation is 1. The van der Waals surface area contributed by atoms with Crippen LogP contribution in [0.3, 0.4) is 0 Å². The average Bonchev–Trinajstić information content (AvgIpc) is 2.38. The van der Waals surface area contributed by atoms with Crippen molar-refractivity contribution in [1.29, 1.82) is 0 Å². The first-order chi connectivity index (χ1) is 9.17. The molecule has 1 saturated carbocycles. The lowest BCUT2D eigenvalue weighted by Gasteiger charge is -2.26. The monoisotopic (exact) mass is 263 g/mol. The van der Waals surface area contributed by atoms with Gasteiger partial charge >= 0.3 is 0 Å². The minimum absolute atomic E-state index is 0.324. The average molecular weight is 263 g/mol. The van der Waals surface area contributed by atoms with Gasteiger partial charge in [0.25, 0.3) is 0 Å². The van der Waals surface area contributed by atoms with Gasteiger partial charge in [-0.05, 0) is 44.9 Å². The first-order valence-electron chi connectivity index (χ1n) is 7.43. The Balaban J connectivity index is 1.97. The highest BCUT2D eigenvalue weighted by Gasteiger charge is 2.20. The molecule has 0 unspecified atom stereocenters. The summed E-state index contributed by atoms with van der Waals surface area (Å²) in [5, 5.41) is 3.22. The lowest BCUT2D eigenvalue weighted by Crippen LogP contribution is -2.23. The second kappa shape index (κ2) is 6.73. The third-order valence-electron chi connectivity index (χ3n) is 3.61. The molecule has 1 aliphatic carbocycles. The molecule has 0 atom stereocenters. The number of nitrogens with zero attached hydrogens (tertiary/aromatic N) is 2. The van der Waals surface area contributed by atoms with Crippen LogP contribution >= 0.6 is 0 Å². The fourth-order valence-corrected chi connectivity index (χ4v) is 2.43.